The molecule has 0 amide bonds. The number of sulfone groups is 1. The number of quaternary nitrogens is 1. The Morgan fingerprint density at radius 1 is 1.00 bits per heavy atom. The van der Waals surface area contributed by atoms with E-state index in [9.17, 15) is 21.6 Å². The van der Waals surface area contributed by atoms with E-state index in [0.717, 1.165) is 12.1 Å². The molecule has 0 spiro atoms. The molecule has 1 atom stereocenters. The fraction of sp³-hybridized carbons (Fsp3) is 0.200. The highest BCUT2D eigenvalue weighted by atomic mass is 35.5. The van der Waals surface area contributed by atoms with E-state index >= 15 is 0 Å². The van der Waals surface area contributed by atoms with E-state index in [1.807, 2.05) is 0 Å². The van der Waals surface area contributed by atoms with Crippen LogP contribution in [0, 0.1) is 0 Å². The van der Waals surface area contributed by atoms with Gasteiger partial charge in [-0.05, 0) is 42.0 Å². The van der Waals surface area contributed by atoms with E-state index < -0.39 is 26.8 Å². The topological polar surface area (TPSA) is 61.8 Å². The number of benzene rings is 2. The van der Waals surface area contributed by atoms with Gasteiger partial charge in [0.25, 0.3) is 0 Å². The lowest BCUT2D eigenvalue weighted by Crippen LogP contribution is -2.54. The van der Waals surface area contributed by atoms with Crippen LogP contribution < -0.4 is 5.73 Å². The van der Waals surface area contributed by atoms with E-state index in [4.69, 9.17) is 11.6 Å². The Kier molecular flexibility index (Phi) is 5.03. The highest BCUT2D eigenvalue weighted by Gasteiger charge is 2.33. The molecule has 2 aromatic rings. The first-order valence-electron chi connectivity index (χ1n) is 6.62. The third-order valence-electron chi connectivity index (χ3n) is 3.39. The monoisotopic (exact) mass is 364 g/mol. The molecule has 0 aromatic heterocycles. The van der Waals surface area contributed by atoms with Crippen molar-refractivity contribution in [2.24, 2.45) is 0 Å². The van der Waals surface area contributed by atoms with Gasteiger partial charge in [-0.25, -0.2) is 8.42 Å². The SMILES string of the molecule is [NH3+]C[C@H](c1ccc(C(F)(F)F)cc1)S(=O)(=O)c1ccc(Cl)cc1. The van der Waals surface area contributed by atoms with E-state index in [2.05, 4.69) is 5.73 Å². The molecular formula is C15H14ClF3NO2S+. The van der Waals surface area contributed by atoms with Gasteiger partial charge in [0.2, 0.25) is 0 Å². The van der Waals surface area contributed by atoms with Crippen LogP contribution >= 0.6 is 11.6 Å². The van der Waals surface area contributed by atoms with Crippen LogP contribution in [0.5, 0.6) is 0 Å². The Hall–Kier alpha value is -1.57. The lowest BCUT2D eigenvalue weighted by atomic mass is 10.1. The van der Waals surface area contributed by atoms with Crippen LogP contribution in [0.25, 0.3) is 0 Å². The third-order valence-corrected chi connectivity index (χ3v) is 5.83. The minimum absolute atomic E-state index is 0.00365. The molecule has 0 saturated carbocycles. The average Bonchev–Trinajstić information content (AvgIpc) is 2.48. The normalized spacial score (nSPS) is 13.8. The Bertz CT molecular complexity index is 772. The molecule has 0 aliphatic carbocycles. The summed E-state index contributed by atoms with van der Waals surface area (Å²) < 4.78 is 63.1. The van der Waals surface area contributed by atoms with E-state index in [1.54, 1.807) is 0 Å². The van der Waals surface area contributed by atoms with Crippen LogP contribution in [0.1, 0.15) is 16.4 Å². The summed E-state index contributed by atoms with van der Waals surface area (Å²) in [7, 11) is -3.77. The van der Waals surface area contributed by atoms with Crippen molar-refractivity contribution in [3.8, 4) is 0 Å². The van der Waals surface area contributed by atoms with Crippen molar-refractivity contribution in [3.63, 3.8) is 0 Å². The molecule has 2 rings (SSSR count). The fourth-order valence-electron chi connectivity index (χ4n) is 2.18. The maximum Gasteiger partial charge on any atom is 0.416 e. The highest BCUT2D eigenvalue weighted by molar-refractivity contribution is 7.91. The first kappa shape index (κ1) is 17.8. The van der Waals surface area contributed by atoms with Gasteiger partial charge in [0.1, 0.15) is 5.25 Å². The zero-order chi connectivity index (χ0) is 17.3. The van der Waals surface area contributed by atoms with Crippen molar-refractivity contribution in [3.05, 3.63) is 64.7 Å². The van der Waals surface area contributed by atoms with E-state index in [1.165, 1.54) is 36.4 Å². The zero-order valence-electron chi connectivity index (χ0n) is 11.8. The van der Waals surface area contributed by atoms with Gasteiger partial charge >= 0.3 is 6.18 Å². The summed E-state index contributed by atoms with van der Waals surface area (Å²) in [5, 5.41) is -0.629. The van der Waals surface area contributed by atoms with Crippen molar-refractivity contribution in [1.29, 1.82) is 0 Å². The minimum atomic E-state index is -4.46. The first-order chi connectivity index (χ1) is 10.7. The standard InChI is InChI=1S/C15H13ClF3NO2S/c16-12-5-7-13(8-6-12)23(21,22)14(9-20)10-1-3-11(4-2-10)15(17,18)19/h1-8,14H,9,20H2/p+1/t14-/m1/s1. The first-order valence-corrected chi connectivity index (χ1v) is 8.54. The van der Waals surface area contributed by atoms with Crippen molar-refractivity contribution in [2.75, 3.05) is 6.54 Å². The van der Waals surface area contributed by atoms with Crippen LogP contribution in [-0.4, -0.2) is 15.0 Å². The second-order valence-corrected chi connectivity index (χ2v) is 7.46. The summed E-state index contributed by atoms with van der Waals surface area (Å²) in [4.78, 5) is 0.0513. The maximum atomic E-state index is 12.7. The zero-order valence-corrected chi connectivity index (χ0v) is 13.4. The highest BCUT2D eigenvalue weighted by Crippen LogP contribution is 2.32. The van der Waals surface area contributed by atoms with Crippen LogP contribution in [0.3, 0.4) is 0 Å². The number of alkyl halides is 3. The van der Waals surface area contributed by atoms with Gasteiger partial charge in [0.05, 0.1) is 17.0 Å². The van der Waals surface area contributed by atoms with E-state index in [-0.39, 0.29) is 17.0 Å². The molecule has 0 bridgehead atoms. The van der Waals surface area contributed by atoms with Crippen molar-refractivity contribution < 1.29 is 27.3 Å². The smallest absolute Gasteiger partial charge is 0.356 e. The Labute approximate surface area is 136 Å². The Morgan fingerprint density at radius 2 is 1.52 bits per heavy atom. The van der Waals surface area contributed by atoms with Gasteiger partial charge in [-0.15, -0.1) is 0 Å². The van der Waals surface area contributed by atoms with E-state index in [0.29, 0.717) is 5.02 Å². The Morgan fingerprint density at radius 3 is 1.96 bits per heavy atom. The number of hydrogen-bond donors (Lipinski definition) is 1. The number of halogens is 4. The fourth-order valence-corrected chi connectivity index (χ4v) is 3.97. The van der Waals surface area contributed by atoms with Gasteiger partial charge in [0.15, 0.2) is 9.84 Å². The molecule has 0 radical (unpaired) electrons. The van der Waals surface area contributed by atoms with Gasteiger partial charge in [-0.3, -0.25) is 0 Å². The lowest BCUT2D eigenvalue weighted by Gasteiger charge is -2.16. The summed E-state index contributed by atoms with van der Waals surface area (Å²) in [6, 6.07) is 9.71. The Balaban J connectivity index is 2.41. The molecule has 0 saturated heterocycles. The largest absolute Gasteiger partial charge is 0.416 e. The summed E-state index contributed by atoms with van der Waals surface area (Å²) in [5.41, 5.74) is 3.06. The van der Waals surface area contributed by atoms with Gasteiger partial charge in [-0.2, -0.15) is 13.2 Å². The molecule has 23 heavy (non-hydrogen) atoms. The average molecular weight is 365 g/mol. The quantitative estimate of drug-likeness (QED) is 0.906. The molecule has 2 aromatic carbocycles. The molecule has 3 N–H and O–H groups in total. The van der Waals surface area contributed by atoms with Gasteiger partial charge in [0, 0.05) is 5.02 Å². The third kappa shape index (κ3) is 3.85. The molecule has 0 unspecified atom stereocenters. The molecule has 8 heteroatoms. The van der Waals surface area contributed by atoms with Crippen LogP contribution in [0.4, 0.5) is 13.2 Å². The summed E-state index contributed by atoms with van der Waals surface area (Å²) in [6.45, 7) is -0.00365. The number of rotatable bonds is 4. The molecule has 0 heterocycles. The van der Waals surface area contributed by atoms with Crippen molar-refractivity contribution in [1.82, 2.24) is 0 Å². The van der Waals surface area contributed by atoms with Crippen LogP contribution in [0.15, 0.2) is 53.4 Å². The summed E-state index contributed by atoms with van der Waals surface area (Å²) in [6.07, 6.45) is -4.46. The predicted octanol–water partition coefficient (Wildman–Crippen LogP) is 3.12. The van der Waals surface area contributed by atoms with Gasteiger partial charge in [-0.1, -0.05) is 23.7 Å². The second kappa shape index (κ2) is 6.51. The predicted molar refractivity (Wildman–Crippen MR) is 80.6 cm³/mol. The maximum absolute atomic E-state index is 12.7. The molecule has 3 nitrogen and oxygen atoms in total. The molecule has 0 aliphatic rings. The summed E-state index contributed by atoms with van der Waals surface area (Å²) in [5.74, 6) is 0. The van der Waals surface area contributed by atoms with Crippen LogP contribution in [-0.2, 0) is 16.0 Å². The van der Waals surface area contributed by atoms with Crippen molar-refractivity contribution >= 4 is 21.4 Å². The molecule has 0 fully saturated rings. The lowest BCUT2D eigenvalue weighted by molar-refractivity contribution is -0.367. The minimum Gasteiger partial charge on any atom is -0.356 e. The molecule has 124 valence electrons. The second-order valence-electron chi connectivity index (χ2n) is 4.90. The van der Waals surface area contributed by atoms with Crippen LogP contribution in [0.2, 0.25) is 5.02 Å². The molecular weight excluding hydrogens is 351 g/mol. The van der Waals surface area contributed by atoms with Gasteiger partial charge < -0.3 is 5.73 Å². The van der Waals surface area contributed by atoms with Crippen molar-refractivity contribution in [2.45, 2.75) is 16.3 Å². The molecule has 0 aliphatic heterocycles. The summed E-state index contributed by atoms with van der Waals surface area (Å²) >= 11 is 5.74. The number of hydrogen-bond acceptors (Lipinski definition) is 2.